The van der Waals surface area contributed by atoms with Gasteiger partial charge < -0.3 is 19.7 Å². The van der Waals surface area contributed by atoms with Crippen LogP contribution in [0.2, 0.25) is 0 Å². The van der Waals surface area contributed by atoms with Crippen molar-refractivity contribution in [1.29, 1.82) is 0 Å². The van der Waals surface area contributed by atoms with Crippen LogP contribution in [0.5, 0.6) is 0 Å². The van der Waals surface area contributed by atoms with Crippen LogP contribution in [0.15, 0.2) is 5.11 Å². The Labute approximate surface area is 85.0 Å². The molecule has 0 aromatic heterocycles. The molecular formula is C7H11N3O5. The second-order valence-electron chi connectivity index (χ2n) is 3.07. The van der Waals surface area contributed by atoms with E-state index in [2.05, 4.69) is 14.8 Å². The number of methoxy groups -OCH3 is 1. The number of carbonyl (C=O) groups is 1. The zero-order valence-corrected chi connectivity index (χ0v) is 8.03. The van der Waals surface area contributed by atoms with Gasteiger partial charge in [-0.05, 0) is 5.53 Å². The topological polar surface area (TPSA) is 125 Å². The van der Waals surface area contributed by atoms with Crippen LogP contribution in [0, 0.1) is 0 Å². The Morgan fingerprint density at radius 3 is 3.07 bits per heavy atom. The normalized spacial score (nSPS) is 34.6. The third-order valence-electron chi connectivity index (χ3n) is 2.28. The van der Waals surface area contributed by atoms with Gasteiger partial charge in [-0.1, -0.05) is 5.11 Å². The van der Waals surface area contributed by atoms with Crippen LogP contribution >= 0.6 is 0 Å². The zero-order chi connectivity index (χ0) is 11.5. The minimum atomic E-state index is -2.16. The molecule has 1 aliphatic heterocycles. The van der Waals surface area contributed by atoms with Gasteiger partial charge in [0.2, 0.25) is 5.60 Å². The molecule has 1 fully saturated rings. The van der Waals surface area contributed by atoms with Gasteiger partial charge in [-0.25, -0.2) is 4.79 Å². The summed E-state index contributed by atoms with van der Waals surface area (Å²) in [5.74, 6) is -1.01. The summed E-state index contributed by atoms with van der Waals surface area (Å²) < 4.78 is 9.29. The molecule has 0 saturated carbocycles. The van der Waals surface area contributed by atoms with Crippen molar-refractivity contribution >= 4 is 5.97 Å². The predicted molar refractivity (Wildman–Crippen MR) is 46.7 cm³/mol. The molecule has 0 spiro atoms. The van der Waals surface area contributed by atoms with Gasteiger partial charge in [0, 0.05) is 4.91 Å². The van der Waals surface area contributed by atoms with Crippen molar-refractivity contribution in [2.24, 2.45) is 5.11 Å². The van der Waals surface area contributed by atoms with E-state index in [1.807, 2.05) is 0 Å². The summed E-state index contributed by atoms with van der Waals surface area (Å²) in [7, 11) is 1.08. The number of hydrogen-bond acceptors (Lipinski definition) is 6. The Hall–Kier alpha value is -1.34. The second kappa shape index (κ2) is 4.45. The minimum Gasteiger partial charge on any atom is -0.467 e. The van der Waals surface area contributed by atoms with Gasteiger partial charge in [0.25, 0.3) is 0 Å². The number of rotatable bonds is 3. The summed E-state index contributed by atoms with van der Waals surface area (Å²) in [6.45, 7) is -0.462. The van der Waals surface area contributed by atoms with Crippen molar-refractivity contribution in [3.8, 4) is 0 Å². The lowest BCUT2D eigenvalue weighted by Crippen LogP contribution is -2.55. The third-order valence-corrected chi connectivity index (χ3v) is 2.28. The molecule has 1 rings (SSSR count). The van der Waals surface area contributed by atoms with Crippen molar-refractivity contribution < 1.29 is 24.5 Å². The number of hydrogen-bond donors (Lipinski definition) is 2. The molecular weight excluding hydrogens is 206 g/mol. The van der Waals surface area contributed by atoms with Crippen molar-refractivity contribution in [2.75, 3.05) is 20.3 Å². The highest BCUT2D eigenvalue weighted by Crippen LogP contribution is 2.28. The first-order valence-corrected chi connectivity index (χ1v) is 4.18. The maximum Gasteiger partial charge on any atom is 0.343 e. The fourth-order valence-electron chi connectivity index (χ4n) is 1.41. The van der Waals surface area contributed by atoms with Gasteiger partial charge in [-0.15, -0.1) is 0 Å². The van der Waals surface area contributed by atoms with Gasteiger partial charge in [0.15, 0.2) is 0 Å². The quantitative estimate of drug-likeness (QED) is 0.270. The molecule has 0 aromatic rings. The first-order chi connectivity index (χ1) is 7.07. The molecule has 0 aliphatic carbocycles. The average molecular weight is 217 g/mol. The number of ether oxygens (including phenoxy) is 2. The number of esters is 1. The number of nitrogens with zero attached hydrogens (tertiary/aromatic N) is 3. The second-order valence-corrected chi connectivity index (χ2v) is 3.07. The van der Waals surface area contributed by atoms with Crippen molar-refractivity contribution in [1.82, 2.24) is 0 Å². The summed E-state index contributed by atoms with van der Waals surface area (Å²) in [6.07, 6.45) is -2.47. The maximum absolute atomic E-state index is 11.3. The first kappa shape index (κ1) is 11.7. The Bertz CT molecular complexity index is 303. The molecule has 2 N–H and O–H groups in total. The van der Waals surface area contributed by atoms with Crippen LogP contribution in [0.4, 0.5) is 0 Å². The van der Waals surface area contributed by atoms with E-state index in [0.717, 1.165) is 7.11 Å². The molecule has 84 valence electrons. The van der Waals surface area contributed by atoms with Crippen molar-refractivity contribution in [3.05, 3.63) is 10.4 Å². The fourth-order valence-corrected chi connectivity index (χ4v) is 1.41. The summed E-state index contributed by atoms with van der Waals surface area (Å²) >= 11 is 0. The Balaban J connectivity index is 2.88. The Morgan fingerprint density at radius 2 is 2.53 bits per heavy atom. The van der Waals surface area contributed by atoms with Crippen LogP contribution in [0.1, 0.15) is 0 Å². The van der Waals surface area contributed by atoms with Gasteiger partial charge in [-0.3, -0.25) is 0 Å². The van der Waals surface area contributed by atoms with Crippen LogP contribution in [0.3, 0.4) is 0 Å². The average Bonchev–Trinajstić information content (AvgIpc) is 2.53. The molecule has 1 heterocycles. The van der Waals surface area contributed by atoms with Crippen LogP contribution < -0.4 is 0 Å². The molecule has 1 aliphatic rings. The number of carbonyl (C=O) groups excluding carboxylic acids is 1. The lowest BCUT2D eigenvalue weighted by Gasteiger charge is -2.26. The third kappa shape index (κ3) is 1.88. The van der Waals surface area contributed by atoms with E-state index in [-0.39, 0.29) is 13.2 Å². The number of aliphatic hydroxyl groups is 2. The fraction of sp³-hybridized carbons (Fsp3) is 0.857. The molecule has 0 aromatic carbocycles. The highest BCUT2D eigenvalue weighted by molar-refractivity contribution is 5.81. The van der Waals surface area contributed by atoms with E-state index in [1.165, 1.54) is 0 Å². The SMILES string of the molecule is COC(=O)C1(O)C(O)COC1CN=[N+]=[N-]. The van der Waals surface area contributed by atoms with Gasteiger partial charge >= 0.3 is 5.97 Å². The van der Waals surface area contributed by atoms with Crippen LogP contribution in [-0.2, 0) is 14.3 Å². The molecule has 0 radical (unpaired) electrons. The molecule has 8 nitrogen and oxygen atoms in total. The van der Waals surface area contributed by atoms with Crippen molar-refractivity contribution in [3.63, 3.8) is 0 Å². The van der Waals surface area contributed by atoms with E-state index in [4.69, 9.17) is 10.3 Å². The molecule has 1 saturated heterocycles. The first-order valence-electron chi connectivity index (χ1n) is 4.18. The summed E-state index contributed by atoms with van der Waals surface area (Å²) in [5, 5.41) is 22.5. The van der Waals surface area contributed by atoms with Crippen LogP contribution in [0.25, 0.3) is 10.4 Å². The van der Waals surface area contributed by atoms with Crippen molar-refractivity contribution in [2.45, 2.75) is 17.8 Å². The lowest BCUT2D eigenvalue weighted by molar-refractivity contribution is -0.175. The Morgan fingerprint density at radius 1 is 1.87 bits per heavy atom. The Kier molecular flexibility index (Phi) is 3.48. The molecule has 8 heteroatoms. The van der Waals surface area contributed by atoms with E-state index >= 15 is 0 Å². The van der Waals surface area contributed by atoms with Gasteiger partial charge in [0.1, 0.15) is 12.2 Å². The smallest absolute Gasteiger partial charge is 0.343 e. The predicted octanol–water partition coefficient (Wildman–Crippen LogP) is -1.04. The highest BCUT2D eigenvalue weighted by atomic mass is 16.6. The largest absolute Gasteiger partial charge is 0.467 e. The molecule has 0 bridgehead atoms. The van der Waals surface area contributed by atoms with Crippen LogP contribution in [-0.4, -0.2) is 54.3 Å². The monoisotopic (exact) mass is 217 g/mol. The van der Waals surface area contributed by atoms with E-state index in [9.17, 15) is 15.0 Å². The molecule has 0 amide bonds. The number of aliphatic hydroxyl groups excluding tert-OH is 1. The van der Waals surface area contributed by atoms with E-state index in [1.54, 1.807) is 0 Å². The lowest BCUT2D eigenvalue weighted by atomic mass is 9.93. The summed E-state index contributed by atoms with van der Waals surface area (Å²) in [6, 6.07) is 0. The summed E-state index contributed by atoms with van der Waals surface area (Å²) in [4.78, 5) is 13.7. The minimum absolute atomic E-state index is 0.211. The molecule has 3 atom stereocenters. The van der Waals surface area contributed by atoms with E-state index < -0.39 is 23.8 Å². The standard InChI is InChI=1S/C7H11N3O5/c1-14-6(12)7(13)4(11)3-15-5(7)2-9-10-8/h4-5,11,13H,2-3H2,1H3. The molecule has 15 heavy (non-hydrogen) atoms. The number of azide groups is 1. The maximum atomic E-state index is 11.3. The highest BCUT2D eigenvalue weighted by Gasteiger charge is 2.56. The van der Waals surface area contributed by atoms with E-state index in [0.29, 0.717) is 0 Å². The van der Waals surface area contributed by atoms with Gasteiger partial charge in [0.05, 0.1) is 20.3 Å². The van der Waals surface area contributed by atoms with Gasteiger partial charge in [-0.2, -0.15) is 0 Å². The summed E-state index contributed by atoms with van der Waals surface area (Å²) in [5.41, 5.74) is 5.94. The molecule has 3 unspecified atom stereocenters. The zero-order valence-electron chi connectivity index (χ0n) is 8.03.